The van der Waals surface area contributed by atoms with Crippen molar-refractivity contribution in [2.75, 3.05) is 0 Å². The van der Waals surface area contributed by atoms with Gasteiger partial charge in [0.1, 0.15) is 0 Å². The molecule has 0 nitrogen and oxygen atoms in total. The molecule has 2 heteroatoms. The van der Waals surface area contributed by atoms with E-state index in [4.69, 9.17) is 0 Å². The van der Waals surface area contributed by atoms with Crippen molar-refractivity contribution < 1.29 is 0 Å². The molecule has 0 saturated carbocycles. The Kier molecular flexibility index (Phi) is 6.53. The zero-order chi connectivity index (χ0) is 30.9. The fourth-order valence-corrected chi connectivity index (χ4v) is 7.95. The summed E-state index contributed by atoms with van der Waals surface area (Å²) >= 11 is 8.48. The molecule has 0 unspecified atom stereocenters. The van der Waals surface area contributed by atoms with E-state index in [9.17, 15) is 0 Å². The number of halogens is 2. The summed E-state index contributed by atoms with van der Waals surface area (Å²) in [4.78, 5) is 0. The predicted molar refractivity (Wildman–Crippen MR) is 195 cm³/mol. The molecule has 0 aliphatic carbocycles. The lowest BCUT2D eigenvalue weighted by Gasteiger charge is -2.27. The summed E-state index contributed by atoms with van der Waals surface area (Å²) < 4.78 is 2.39. The van der Waals surface area contributed by atoms with Crippen LogP contribution < -0.4 is 0 Å². The van der Waals surface area contributed by atoms with Gasteiger partial charge in [0.15, 0.2) is 0 Å². The minimum atomic E-state index is 0.0274. The first-order valence-electron chi connectivity index (χ1n) is 15.2. The zero-order valence-electron chi connectivity index (χ0n) is 27.4. The molecule has 6 rings (SSSR count). The second-order valence-corrected chi connectivity index (χ2v) is 18.3. The molecule has 0 atom stereocenters. The summed E-state index contributed by atoms with van der Waals surface area (Å²) in [5.74, 6) is 0. The van der Waals surface area contributed by atoms with Gasteiger partial charge in [0, 0.05) is 19.7 Å². The van der Waals surface area contributed by atoms with Gasteiger partial charge in [-0.15, -0.1) is 0 Å². The quantitative estimate of drug-likeness (QED) is 0.110. The van der Waals surface area contributed by atoms with Crippen LogP contribution in [0.4, 0.5) is 0 Å². The summed E-state index contributed by atoms with van der Waals surface area (Å²) in [6.07, 6.45) is 0. The topological polar surface area (TPSA) is 0 Å². The van der Waals surface area contributed by atoms with Gasteiger partial charge >= 0.3 is 0 Å². The van der Waals surface area contributed by atoms with Gasteiger partial charge < -0.3 is 0 Å². The van der Waals surface area contributed by atoms with E-state index in [1.807, 2.05) is 0 Å². The number of hydrogen-bond acceptors (Lipinski definition) is 0. The van der Waals surface area contributed by atoms with Gasteiger partial charge in [-0.3, -0.25) is 0 Å². The van der Waals surface area contributed by atoms with Crippen molar-refractivity contribution in [2.24, 2.45) is 0 Å². The standard InChI is InChI=1S/C40H44Br2/c1-37(2,3)23-13-21-15-25(39(7,8)9)19-29-31(21)27(17-23)33-34(36(29)42)28-18-24(38(4,5)6)14-22-16-26(40(10,11)12)20-30(32(22)28)35(33)41/h13-20H,1-12H3. The Bertz CT molecular complexity index is 1900. The number of hydrogen-bond donors (Lipinski definition) is 0. The first-order chi connectivity index (χ1) is 19.2. The van der Waals surface area contributed by atoms with Crippen molar-refractivity contribution in [2.45, 2.75) is 105 Å². The highest BCUT2D eigenvalue weighted by atomic mass is 79.9. The van der Waals surface area contributed by atoms with Crippen molar-refractivity contribution in [3.05, 3.63) is 79.7 Å². The Morgan fingerprint density at radius 1 is 0.333 bits per heavy atom. The summed E-state index contributed by atoms with van der Waals surface area (Å²) in [5.41, 5.74) is 5.61. The maximum atomic E-state index is 4.24. The number of rotatable bonds is 0. The van der Waals surface area contributed by atoms with E-state index in [0.29, 0.717) is 0 Å². The normalized spacial score (nSPS) is 14.0. The largest absolute Gasteiger partial charge is 0.0561 e. The van der Waals surface area contributed by atoms with E-state index < -0.39 is 0 Å². The predicted octanol–water partition coefficient (Wildman–Crippen LogP) is 13.6. The van der Waals surface area contributed by atoms with Crippen LogP contribution in [0.1, 0.15) is 105 Å². The van der Waals surface area contributed by atoms with E-state index in [2.05, 4.69) is 163 Å². The number of fused-ring (bicyclic) bond motifs is 3. The van der Waals surface area contributed by atoms with E-state index in [0.717, 1.165) is 0 Å². The van der Waals surface area contributed by atoms with Crippen molar-refractivity contribution in [3.8, 4) is 0 Å². The van der Waals surface area contributed by atoms with Crippen LogP contribution in [-0.4, -0.2) is 0 Å². The summed E-state index contributed by atoms with van der Waals surface area (Å²) in [5, 5.41) is 13.2. The average molecular weight is 685 g/mol. The Morgan fingerprint density at radius 3 is 0.810 bits per heavy atom. The summed E-state index contributed by atoms with van der Waals surface area (Å²) in [7, 11) is 0. The smallest absolute Gasteiger partial charge is 0.0339 e. The van der Waals surface area contributed by atoms with E-state index in [1.54, 1.807) is 0 Å². The molecule has 0 heterocycles. The highest BCUT2D eigenvalue weighted by Crippen LogP contribution is 2.51. The molecule has 6 aromatic rings. The molecule has 0 aromatic heterocycles. The highest BCUT2D eigenvalue weighted by Gasteiger charge is 2.27. The molecule has 0 aliphatic rings. The van der Waals surface area contributed by atoms with E-state index in [1.165, 1.54) is 85.1 Å². The minimum Gasteiger partial charge on any atom is -0.0561 e. The molecule has 0 N–H and O–H groups in total. The van der Waals surface area contributed by atoms with Crippen LogP contribution in [-0.2, 0) is 21.7 Å². The molecular formula is C40H44Br2. The summed E-state index contributed by atoms with van der Waals surface area (Å²) in [6, 6.07) is 19.6. The molecule has 0 radical (unpaired) electrons. The van der Waals surface area contributed by atoms with Crippen molar-refractivity contribution >= 4 is 85.7 Å². The monoisotopic (exact) mass is 682 g/mol. The lowest BCUT2D eigenvalue weighted by molar-refractivity contribution is 0.589. The third-order valence-corrected chi connectivity index (χ3v) is 10.9. The molecular weight excluding hydrogens is 640 g/mol. The Balaban J connectivity index is 1.99. The average Bonchev–Trinajstić information content (AvgIpc) is 2.85. The molecule has 218 valence electrons. The molecule has 0 spiro atoms. The van der Waals surface area contributed by atoms with Crippen LogP contribution in [0.2, 0.25) is 0 Å². The van der Waals surface area contributed by atoms with Crippen molar-refractivity contribution in [3.63, 3.8) is 0 Å². The molecule has 6 aromatic carbocycles. The minimum absolute atomic E-state index is 0.0274. The van der Waals surface area contributed by atoms with Crippen molar-refractivity contribution in [1.29, 1.82) is 0 Å². The molecule has 0 amide bonds. The van der Waals surface area contributed by atoms with Gasteiger partial charge in [-0.05, 0) is 143 Å². The maximum absolute atomic E-state index is 4.24. The molecule has 0 aliphatic heterocycles. The van der Waals surface area contributed by atoms with Crippen molar-refractivity contribution in [1.82, 2.24) is 0 Å². The van der Waals surface area contributed by atoms with Crippen LogP contribution in [0.15, 0.2) is 57.5 Å². The van der Waals surface area contributed by atoms with Crippen LogP contribution in [0.3, 0.4) is 0 Å². The van der Waals surface area contributed by atoms with Gasteiger partial charge in [-0.25, -0.2) is 0 Å². The lowest BCUT2D eigenvalue weighted by atomic mass is 9.78. The Hall–Kier alpha value is -2.16. The van der Waals surface area contributed by atoms with E-state index >= 15 is 0 Å². The Labute approximate surface area is 268 Å². The highest BCUT2D eigenvalue weighted by molar-refractivity contribution is 9.11. The lowest BCUT2D eigenvalue weighted by Crippen LogP contribution is -2.13. The second kappa shape index (κ2) is 9.18. The van der Waals surface area contributed by atoms with Gasteiger partial charge in [0.05, 0.1) is 0 Å². The molecule has 42 heavy (non-hydrogen) atoms. The first kappa shape index (κ1) is 29.9. The second-order valence-electron chi connectivity index (χ2n) is 16.7. The van der Waals surface area contributed by atoms with Crippen LogP contribution in [0.25, 0.3) is 53.9 Å². The Morgan fingerprint density at radius 2 is 0.571 bits per heavy atom. The summed E-state index contributed by atoms with van der Waals surface area (Å²) in [6.45, 7) is 27.9. The van der Waals surface area contributed by atoms with Gasteiger partial charge in [-0.2, -0.15) is 0 Å². The fraction of sp³-hybridized carbons (Fsp3) is 0.400. The van der Waals surface area contributed by atoms with Crippen LogP contribution in [0.5, 0.6) is 0 Å². The molecule has 0 bridgehead atoms. The van der Waals surface area contributed by atoms with Gasteiger partial charge in [0.2, 0.25) is 0 Å². The number of benzene rings is 6. The SMILES string of the molecule is CC(C)(C)c1cc2cc(C(C)(C)C)cc3c4c(Br)c5cc(C(C)(C)C)cc6cc(C(C)(C)C)cc(c4c(Br)c(c1)c23)c65. The van der Waals surface area contributed by atoms with E-state index in [-0.39, 0.29) is 21.7 Å². The molecule has 0 fully saturated rings. The zero-order valence-corrected chi connectivity index (χ0v) is 30.5. The fourth-order valence-electron chi connectivity index (χ4n) is 6.50. The first-order valence-corrected chi connectivity index (χ1v) is 16.8. The van der Waals surface area contributed by atoms with Gasteiger partial charge in [0.25, 0.3) is 0 Å². The third-order valence-electron chi connectivity index (χ3n) is 9.26. The maximum Gasteiger partial charge on any atom is 0.0339 e. The third kappa shape index (κ3) is 4.58. The molecule has 0 saturated heterocycles. The van der Waals surface area contributed by atoms with Crippen LogP contribution in [0, 0.1) is 0 Å². The van der Waals surface area contributed by atoms with Gasteiger partial charge in [-0.1, -0.05) is 107 Å². The van der Waals surface area contributed by atoms with Crippen LogP contribution >= 0.6 is 31.9 Å².